The second-order valence-corrected chi connectivity index (χ2v) is 5.52. The Balaban J connectivity index is 2.01. The van der Waals surface area contributed by atoms with Crippen LogP contribution in [0.15, 0.2) is 48.5 Å². The topological polar surface area (TPSA) is 46.3 Å². The van der Waals surface area contributed by atoms with Crippen molar-refractivity contribution in [1.29, 1.82) is 0 Å². The zero-order valence-corrected chi connectivity index (χ0v) is 12.0. The van der Waals surface area contributed by atoms with Crippen molar-refractivity contribution < 1.29 is 4.79 Å². The van der Waals surface area contributed by atoms with Crippen LogP contribution in [0.25, 0.3) is 0 Å². The molecule has 3 rings (SSSR count). The summed E-state index contributed by atoms with van der Waals surface area (Å²) in [6.07, 6.45) is 0. The van der Waals surface area contributed by atoms with Crippen molar-refractivity contribution in [3.05, 3.63) is 64.1 Å². The van der Waals surface area contributed by atoms with Crippen molar-refractivity contribution >= 4 is 34.8 Å². The molecule has 0 aromatic heterocycles. The smallest absolute Gasteiger partial charge is 0.247 e. The van der Waals surface area contributed by atoms with E-state index in [1.54, 1.807) is 17.0 Å². The lowest BCUT2D eigenvalue weighted by Gasteiger charge is -2.45. The highest BCUT2D eigenvalue weighted by Gasteiger charge is 2.47. The van der Waals surface area contributed by atoms with Crippen LogP contribution in [0, 0.1) is 0 Å². The van der Waals surface area contributed by atoms with Gasteiger partial charge in [-0.1, -0.05) is 47.5 Å². The molecule has 1 heterocycles. The fourth-order valence-corrected chi connectivity index (χ4v) is 2.98. The van der Waals surface area contributed by atoms with Gasteiger partial charge in [0.25, 0.3) is 0 Å². The van der Waals surface area contributed by atoms with E-state index >= 15 is 0 Å². The number of halogens is 2. The third-order valence-corrected chi connectivity index (χ3v) is 4.02. The van der Waals surface area contributed by atoms with E-state index in [9.17, 15) is 4.79 Å². The molecule has 2 N–H and O–H groups in total. The van der Waals surface area contributed by atoms with Gasteiger partial charge >= 0.3 is 0 Å². The van der Waals surface area contributed by atoms with Crippen molar-refractivity contribution in [2.75, 3.05) is 4.90 Å². The van der Waals surface area contributed by atoms with Gasteiger partial charge in [0.2, 0.25) is 5.91 Å². The Bertz CT molecular complexity index is 660. The molecule has 0 saturated carbocycles. The minimum Gasteiger partial charge on any atom is -0.318 e. The monoisotopic (exact) mass is 306 g/mol. The second-order valence-electron chi connectivity index (χ2n) is 4.68. The number of para-hydroxylation sites is 1. The van der Waals surface area contributed by atoms with Gasteiger partial charge in [0.05, 0.1) is 6.04 Å². The molecule has 2 atom stereocenters. The van der Waals surface area contributed by atoms with E-state index in [1.165, 1.54) is 0 Å². The number of carbonyl (C=O) groups is 1. The maximum atomic E-state index is 12.1. The van der Waals surface area contributed by atoms with Gasteiger partial charge in [-0.25, -0.2) is 0 Å². The number of benzene rings is 2. The standard InChI is InChI=1S/C15H12Cl2N2O/c16-9-6-7-11(12(17)8-9)14-13(18)15(20)19(14)10-4-2-1-3-5-10/h1-8,13-14H,18H2/t13-,14+/m0/s1. The molecule has 0 bridgehead atoms. The van der Waals surface area contributed by atoms with Crippen molar-refractivity contribution in [2.24, 2.45) is 5.73 Å². The first-order chi connectivity index (χ1) is 9.59. The van der Waals surface area contributed by atoms with E-state index in [1.807, 2.05) is 36.4 Å². The molecular formula is C15H12Cl2N2O. The number of anilines is 1. The van der Waals surface area contributed by atoms with E-state index in [-0.39, 0.29) is 11.9 Å². The van der Waals surface area contributed by atoms with Crippen molar-refractivity contribution in [3.8, 4) is 0 Å². The van der Waals surface area contributed by atoms with Crippen LogP contribution >= 0.6 is 23.2 Å². The number of hydrogen-bond donors (Lipinski definition) is 1. The number of nitrogens with two attached hydrogens (primary N) is 1. The molecule has 1 saturated heterocycles. The molecule has 2 aromatic rings. The Morgan fingerprint density at radius 3 is 2.40 bits per heavy atom. The highest BCUT2D eigenvalue weighted by atomic mass is 35.5. The van der Waals surface area contributed by atoms with Gasteiger partial charge in [-0.2, -0.15) is 0 Å². The molecule has 0 unspecified atom stereocenters. The molecule has 1 fully saturated rings. The molecule has 1 aliphatic heterocycles. The van der Waals surface area contributed by atoms with Crippen molar-refractivity contribution in [3.63, 3.8) is 0 Å². The van der Waals surface area contributed by atoms with Gasteiger partial charge in [0.15, 0.2) is 0 Å². The summed E-state index contributed by atoms with van der Waals surface area (Å²) in [6, 6.07) is 13.8. The van der Waals surface area contributed by atoms with E-state index in [0.29, 0.717) is 10.0 Å². The summed E-state index contributed by atoms with van der Waals surface area (Å²) in [6.45, 7) is 0. The van der Waals surface area contributed by atoms with E-state index < -0.39 is 6.04 Å². The predicted molar refractivity (Wildman–Crippen MR) is 81.1 cm³/mol. The minimum atomic E-state index is -0.575. The number of carbonyl (C=O) groups excluding carboxylic acids is 1. The van der Waals surface area contributed by atoms with E-state index in [4.69, 9.17) is 28.9 Å². The lowest BCUT2D eigenvalue weighted by Crippen LogP contribution is -2.63. The highest BCUT2D eigenvalue weighted by Crippen LogP contribution is 2.41. The van der Waals surface area contributed by atoms with Crippen molar-refractivity contribution in [2.45, 2.75) is 12.1 Å². The third kappa shape index (κ3) is 2.08. The van der Waals surface area contributed by atoms with Crippen molar-refractivity contribution in [1.82, 2.24) is 0 Å². The van der Waals surface area contributed by atoms with Crippen LogP contribution in [-0.2, 0) is 4.79 Å². The van der Waals surface area contributed by atoms with Crippen LogP contribution in [0.3, 0.4) is 0 Å². The summed E-state index contributed by atoms with van der Waals surface area (Å²) in [4.78, 5) is 13.7. The predicted octanol–water partition coefficient (Wildman–Crippen LogP) is 3.41. The zero-order valence-electron chi connectivity index (χ0n) is 10.5. The Labute approximate surface area is 126 Å². The number of amides is 1. The van der Waals surface area contributed by atoms with Gasteiger partial charge in [0, 0.05) is 15.7 Å². The second kappa shape index (κ2) is 5.09. The Hall–Kier alpha value is -1.55. The van der Waals surface area contributed by atoms with Crippen LogP contribution in [-0.4, -0.2) is 11.9 Å². The molecule has 20 heavy (non-hydrogen) atoms. The molecule has 0 aliphatic carbocycles. The van der Waals surface area contributed by atoms with Crippen LogP contribution in [0.2, 0.25) is 10.0 Å². The molecule has 0 spiro atoms. The molecule has 5 heteroatoms. The number of nitrogens with zero attached hydrogens (tertiary/aromatic N) is 1. The van der Waals surface area contributed by atoms with Gasteiger partial charge < -0.3 is 10.6 Å². The summed E-state index contributed by atoms with van der Waals surface area (Å²) in [5, 5.41) is 1.08. The lowest BCUT2D eigenvalue weighted by molar-refractivity contribution is -0.126. The van der Waals surface area contributed by atoms with Crippen LogP contribution in [0.4, 0.5) is 5.69 Å². The van der Waals surface area contributed by atoms with Gasteiger partial charge in [-0.15, -0.1) is 0 Å². The number of hydrogen-bond acceptors (Lipinski definition) is 2. The molecule has 2 aromatic carbocycles. The molecule has 1 amide bonds. The van der Waals surface area contributed by atoms with Crippen LogP contribution in [0.1, 0.15) is 11.6 Å². The minimum absolute atomic E-state index is 0.104. The Kier molecular flexibility index (Phi) is 3.42. The summed E-state index contributed by atoms with van der Waals surface area (Å²) in [7, 11) is 0. The van der Waals surface area contributed by atoms with Gasteiger partial charge in [-0.05, 0) is 29.8 Å². The number of β-lactam (4-membered cyclic amide) rings is 1. The third-order valence-electron chi connectivity index (χ3n) is 3.46. The molecule has 1 aliphatic rings. The lowest BCUT2D eigenvalue weighted by atomic mass is 9.88. The maximum absolute atomic E-state index is 12.1. The summed E-state index contributed by atoms with van der Waals surface area (Å²) in [5.41, 5.74) is 7.58. The SMILES string of the molecule is N[C@@H]1C(=O)N(c2ccccc2)[C@@H]1c1ccc(Cl)cc1Cl. The average Bonchev–Trinajstić information content (AvgIpc) is 2.46. The normalized spacial score (nSPS) is 21.8. The summed E-state index contributed by atoms with van der Waals surface area (Å²) in [5.74, 6) is -0.104. The van der Waals surface area contributed by atoms with Gasteiger partial charge in [0.1, 0.15) is 6.04 Å². The first kappa shape index (κ1) is 13.4. The van der Waals surface area contributed by atoms with Gasteiger partial charge in [-0.3, -0.25) is 4.79 Å². The zero-order chi connectivity index (χ0) is 14.3. The Morgan fingerprint density at radius 2 is 1.75 bits per heavy atom. The number of rotatable bonds is 2. The fourth-order valence-electron chi connectivity index (χ4n) is 2.46. The molecule has 102 valence electrons. The Morgan fingerprint density at radius 1 is 1.05 bits per heavy atom. The largest absolute Gasteiger partial charge is 0.318 e. The average molecular weight is 307 g/mol. The maximum Gasteiger partial charge on any atom is 0.247 e. The fraction of sp³-hybridized carbons (Fsp3) is 0.133. The van der Waals surface area contributed by atoms with Crippen LogP contribution < -0.4 is 10.6 Å². The molecule has 3 nitrogen and oxygen atoms in total. The highest BCUT2D eigenvalue weighted by molar-refractivity contribution is 6.35. The summed E-state index contributed by atoms with van der Waals surface area (Å²) >= 11 is 12.1. The summed E-state index contributed by atoms with van der Waals surface area (Å²) < 4.78 is 0. The first-order valence-corrected chi connectivity index (χ1v) is 6.94. The molecular weight excluding hydrogens is 295 g/mol. The molecule has 0 radical (unpaired) electrons. The van der Waals surface area contributed by atoms with E-state index in [0.717, 1.165) is 11.3 Å². The quantitative estimate of drug-likeness (QED) is 0.864. The van der Waals surface area contributed by atoms with Crippen LogP contribution in [0.5, 0.6) is 0 Å². The van der Waals surface area contributed by atoms with E-state index in [2.05, 4.69) is 0 Å². The first-order valence-electron chi connectivity index (χ1n) is 6.18.